The molecule has 146 valence electrons. The lowest BCUT2D eigenvalue weighted by Crippen LogP contribution is -2.69. The first-order chi connectivity index (χ1) is 12.6. The molecule has 0 aliphatic carbocycles. The van der Waals surface area contributed by atoms with Gasteiger partial charge in [-0.05, 0) is 38.3 Å². The van der Waals surface area contributed by atoms with E-state index < -0.39 is 26.0 Å². The lowest BCUT2D eigenvalue weighted by atomic mass is 9.71. The van der Waals surface area contributed by atoms with Gasteiger partial charge in [-0.25, -0.2) is 8.42 Å². The third-order valence-corrected chi connectivity index (χ3v) is 8.86. The van der Waals surface area contributed by atoms with E-state index in [0.717, 1.165) is 5.56 Å². The van der Waals surface area contributed by atoms with Crippen molar-refractivity contribution in [2.75, 3.05) is 18.8 Å². The number of amides is 2. The van der Waals surface area contributed by atoms with Crippen LogP contribution in [-0.2, 0) is 24.8 Å². The van der Waals surface area contributed by atoms with Gasteiger partial charge in [0.15, 0.2) is 9.84 Å². The van der Waals surface area contributed by atoms with Crippen LogP contribution in [0.5, 0.6) is 0 Å². The number of benzene rings is 1. The van der Waals surface area contributed by atoms with Gasteiger partial charge in [-0.15, -0.1) is 0 Å². The predicted molar refractivity (Wildman–Crippen MR) is 104 cm³/mol. The highest BCUT2D eigenvalue weighted by Crippen LogP contribution is 2.38. The van der Waals surface area contributed by atoms with Crippen molar-refractivity contribution in [1.82, 2.24) is 10.2 Å². The molecular weight excluding hydrogens is 364 g/mol. The fourth-order valence-corrected chi connectivity index (χ4v) is 5.55. The summed E-state index contributed by atoms with van der Waals surface area (Å²) in [6.45, 7) is 7.74. The van der Waals surface area contributed by atoms with Crippen LogP contribution in [0.1, 0.15) is 32.3 Å². The van der Waals surface area contributed by atoms with E-state index in [9.17, 15) is 18.0 Å². The van der Waals surface area contributed by atoms with Gasteiger partial charge in [0, 0.05) is 13.1 Å². The largest absolute Gasteiger partial charge is 0.350 e. The maximum Gasteiger partial charge on any atom is 0.245 e. The summed E-state index contributed by atoms with van der Waals surface area (Å²) in [5.41, 5.74) is 0.127. The van der Waals surface area contributed by atoms with Gasteiger partial charge in [-0.2, -0.15) is 0 Å². The molecule has 0 radical (unpaired) electrons. The Bertz CT molecular complexity index is 853. The lowest BCUT2D eigenvalue weighted by Gasteiger charge is -2.47. The molecule has 1 atom stereocenters. The third-order valence-electron chi connectivity index (χ3n) is 6.20. The lowest BCUT2D eigenvalue weighted by molar-refractivity contribution is -0.134. The normalized spacial score (nSPS) is 25.1. The topological polar surface area (TPSA) is 83.6 Å². The number of carbonyl (C=O) groups is 2. The second kappa shape index (κ2) is 6.78. The highest BCUT2D eigenvalue weighted by molar-refractivity contribution is 7.94. The Morgan fingerprint density at radius 2 is 1.78 bits per heavy atom. The Morgan fingerprint density at radius 1 is 1.19 bits per heavy atom. The van der Waals surface area contributed by atoms with Gasteiger partial charge in [-0.3, -0.25) is 9.59 Å². The minimum Gasteiger partial charge on any atom is -0.350 e. The molecule has 7 heteroatoms. The van der Waals surface area contributed by atoms with Gasteiger partial charge in [0.05, 0.1) is 22.0 Å². The average Bonchev–Trinajstić information content (AvgIpc) is 2.67. The molecule has 2 aliphatic heterocycles. The first-order valence-corrected chi connectivity index (χ1v) is 10.8. The second-order valence-electron chi connectivity index (χ2n) is 7.89. The molecule has 2 heterocycles. The number of piperidine rings is 1. The maximum absolute atomic E-state index is 13.3. The summed E-state index contributed by atoms with van der Waals surface area (Å²) in [5, 5.41) is 2.99. The first-order valence-electron chi connectivity index (χ1n) is 9.14. The van der Waals surface area contributed by atoms with Crippen molar-refractivity contribution in [3.8, 4) is 0 Å². The number of hydrogen-bond acceptors (Lipinski definition) is 4. The summed E-state index contributed by atoms with van der Waals surface area (Å²) in [7, 11) is -3.17. The number of nitrogens with one attached hydrogen (secondary N) is 1. The van der Waals surface area contributed by atoms with E-state index in [1.807, 2.05) is 30.3 Å². The Labute approximate surface area is 160 Å². The minimum absolute atomic E-state index is 0.0301. The van der Waals surface area contributed by atoms with Crippen molar-refractivity contribution in [3.63, 3.8) is 0 Å². The number of sulfone groups is 1. The molecule has 27 heavy (non-hydrogen) atoms. The van der Waals surface area contributed by atoms with Crippen molar-refractivity contribution in [3.05, 3.63) is 48.6 Å². The predicted octanol–water partition coefficient (Wildman–Crippen LogP) is 1.42. The molecule has 1 aromatic rings. The zero-order chi connectivity index (χ0) is 19.9. The van der Waals surface area contributed by atoms with Gasteiger partial charge >= 0.3 is 0 Å². The molecule has 6 nitrogen and oxygen atoms in total. The van der Waals surface area contributed by atoms with E-state index in [-0.39, 0.29) is 17.6 Å². The van der Waals surface area contributed by atoms with Crippen LogP contribution in [0.25, 0.3) is 0 Å². The second-order valence-corrected chi connectivity index (χ2v) is 10.5. The van der Waals surface area contributed by atoms with E-state index in [2.05, 4.69) is 11.9 Å². The highest BCUT2D eigenvalue weighted by atomic mass is 32.2. The third kappa shape index (κ3) is 3.18. The van der Waals surface area contributed by atoms with Gasteiger partial charge in [0.2, 0.25) is 11.8 Å². The van der Waals surface area contributed by atoms with Crippen LogP contribution >= 0.6 is 0 Å². The quantitative estimate of drug-likeness (QED) is 0.789. The van der Waals surface area contributed by atoms with E-state index in [1.54, 1.807) is 18.7 Å². The molecule has 0 spiro atoms. The Balaban J connectivity index is 1.85. The van der Waals surface area contributed by atoms with E-state index >= 15 is 0 Å². The minimum atomic E-state index is -3.17. The molecule has 0 aromatic heterocycles. The fourth-order valence-electron chi connectivity index (χ4n) is 3.91. The average molecular weight is 391 g/mol. The van der Waals surface area contributed by atoms with Crippen LogP contribution in [0.2, 0.25) is 0 Å². The van der Waals surface area contributed by atoms with Crippen molar-refractivity contribution >= 4 is 21.7 Å². The summed E-state index contributed by atoms with van der Waals surface area (Å²) >= 11 is 0. The molecule has 1 aromatic carbocycles. The van der Waals surface area contributed by atoms with Crippen LogP contribution in [0.4, 0.5) is 0 Å². The zero-order valence-corrected chi connectivity index (χ0v) is 16.6. The smallest absolute Gasteiger partial charge is 0.245 e. The highest BCUT2D eigenvalue weighted by Gasteiger charge is 2.55. The van der Waals surface area contributed by atoms with Crippen molar-refractivity contribution in [1.29, 1.82) is 0 Å². The van der Waals surface area contributed by atoms with Crippen LogP contribution < -0.4 is 5.32 Å². The SMILES string of the molecule is C=CC(=O)N1CCC(C(=O)NC2CS(=O)(=O)C2(C)C)(c2ccccc2)CC1. The van der Waals surface area contributed by atoms with Crippen molar-refractivity contribution in [2.24, 2.45) is 0 Å². The summed E-state index contributed by atoms with van der Waals surface area (Å²) in [6, 6.07) is 9.13. The summed E-state index contributed by atoms with van der Waals surface area (Å²) < 4.78 is 23.0. The number of likely N-dealkylation sites (tertiary alicyclic amines) is 1. The molecule has 2 saturated heterocycles. The first kappa shape index (κ1) is 19.6. The number of nitrogens with zero attached hydrogens (tertiary/aromatic N) is 1. The summed E-state index contributed by atoms with van der Waals surface area (Å²) in [5.74, 6) is -0.326. The van der Waals surface area contributed by atoms with Crippen molar-refractivity contribution in [2.45, 2.75) is 42.9 Å². The molecule has 0 bridgehead atoms. The summed E-state index contributed by atoms with van der Waals surface area (Å²) in [6.07, 6.45) is 2.27. The molecule has 2 aliphatic rings. The Hall–Kier alpha value is -2.15. The van der Waals surface area contributed by atoms with Gasteiger partial charge in [0.25, 0.3) is 0 Å². The van der Waals surface area contributed by atoms with Crippen LogP contribution in [0.15, 0.2) is 43.0 Å². The van der Waals surface area contributed by atoms with Gasteiger partial charge in [0.1, 0.15) is 0 Å². The number of rotatable bonds is 4. The monoisotopic (exact) mass is 390 g/mol. The molecule has 1 N–H and O–H groups in total. The van der Waals surface area contributed by atoms with E-state index in [1.165, 1.54) is 6.08 Å². The molecular formula is C20H26N2O4S. The standard InChI is InChI=1S/C20H26N2O4S/c1-4-17(23)22-12-10-20(11-13-22,15-8-6-5-7-9-15)18(24)21-16-14-27(25,26)19(16,2)3/h4-9,16H,1,10-14H2,2-3H3,(H,21,24). The number of carbonyl (C=O) groups excluding carboxylic acids is 2. The molecule has 1 unspecified atom stereocenters. The van der Waals surface area contributed by atoms with Crippen LogP contribution in [0.3, 0.4) is 0 Å². The van der Waals surface area contributed by atoms with Gasteiger partial charge < -0.3 is 10.2 Å². The molecule has 0 saturated carbocycles. The molecule has 3 rings (SSSR count). The van der Waals surface area contributed by atoms with Crippen molar-refractivity contribution < 1.29 is 18.0 Å². The number of hydrogen-bond donors (Lipinski definition) is 1. The van der Waals surface area contributed by atoms with Crippen LogP contribution in [0, 0.1) is 0 Å². The Morgan fingerprint density at radius 3 is 2.26 bits per heavy atom. The molecule has 2 amide bonds. The maximum atomic E-state index is 13.3. The van der Waals surface area contributed by atoms with Crippen LogP contribution in [-0.4, -0.2) is 54.8 Å². The molecule has 2 fully saturated rings. The summed E-state index contributed by atoms with van der Waals surface area (Å²) in [4.78, 5) is 26.9. The zero-order valence-electron chi connectivity index (χ0n) is 15.8. The van der Waals surface area contributed by atoms with E-state index in [0.29, 0.717) is 25.9 Å². The van der Waals surface area contributed by atoms with Gasteiger partial charge in [-0.1, -0.05) is 36.9 Å². The Kier molecular flexibility index (Phi) is 4.93. The fraction of sp³-hybridized carbons (Fsp3) is 0.500. The van der Waals surface area contributed by atoms with E-state index in [4.69, 9.17) is 0 Å².